The lowest BCUT2D eigenvalue weighted by atomic mass is 9.84. The van der Waals surface area contributed by atoms with Gasteiger partial charge in [-0.1, -0.05) is 28.1 Å². The fraction of sp³-hybridized carbons (Fsp3) is 0.533. The average Bonchev–Trinajstić information content (AvgIpc) is 2.87. The van der Waals surface area contributed by atoms with Crippen molar-refractivity contribution >= 4 is 37.4 Å². The van der Waals surface area contributed by atoms with Crippen LogP contribution in [0.1, 0.15) is 36.2 Å². The highest BCUT2D eigenvalue weighted by Gasteiger charge is 2.39. The van der Waals surface area contributed by atoms with Gasteiger partial charge in [-0.25, -0.2) is 8.42 Å². The SMILES string of the molecule is CC1(C)C(=O)Nc2ccc(C(Br)C3CCS(=O)(=O)C3)cc21. The van der Waals surface area contributed by atoms with Gasteiger partial charge < -0.3 is 5.32 Å². The molecule has 2 aliphatic heterocycles. The number of rotatable bonds is 2. The van der Waals surface area contributed by atoms with Crippen LogP contribution in [0.3, 0.4) is 0 Å². The summed E-state index contributed by atoms with van der Waals surface area (Å²) in [5, 5.41) is 2.89. The number of benzene rings is 1. The summed E-state index contributed by atoms with van der Waals surface area (Å²) >= 11 is 3.66. The number of amides is 1. The Bertz CT molecular complexity index is 712. The van der Waals surface area contributed by atoms with E-state index in [1.54, 1.807) is 0 Å². The standard InChI is InChI=1S/C15H18BrNO3S/c1-15(2)11-7-9(3-4-12(11)17-14(15)18)13(16)10-5-6-21(19,20)8-10/h3-4,7,10,13H,5-6,8H2,1-2H3,(H,17,18). The first kappa shape index (κ1) is 15.0. The van der Waals surface area contributed by atoms with Gasteiger partial charge in [0.15, 0.2) is 9.84 Å². The summed E-state index contributed by atoms with van der Waals surface area (Å²) in [7, 11) is -2.89. The van der Waals surface area contributed by atoms with Crippen LogP contribution in [0.25, 0.3) is 0 Å². The zero-order chi connectivity index (χ0) is 15.4. The lowest BCUT2D eigenvalue weighted by molar-refractivity contribution is -0.119. The van der Waals surface area contributed by atoms with E-state index < -0.39 is 15.3 Å². The maximum absolute atomic E-state index is 12.0. The Morgan fingerprint density at radius 1 is 1.38 bits per heavy atom. The number of carbonyl (C=O) groups is 1. The molecular weight excluding hydrogens is 354 g/mol. The number of hydrogen-bond acceptors (Lipinski definition) is 3. The molecule has 2 heterocycles. The molecule has 114 valence electrons. The van der Waals surface area contributed by atoms with E-state index in [9.17, 15) is 13.2 Å². The van der Waals surface area contributed by atoms with Gasteiger partial charge in [0.05, 0.1) is 16.9 Å². The van der Waals surface area contributed by atoms with E-state index in [1.807, 2.05) is 32.0 Å². The molecule has 0 spiro atoms. The van der Waals surface area contributed by atoms with Crippen molar-refractivity contribution in [1.29, 1.82) is 0 Å². The summed E-state index contributed by atoms with van der Waals surface area (Å²) < 4.78 is 23.3. The Balaban J connectivity index is 1.92. The molecule has 0 aliphatic carbocycles. The van der Waals surface area contributed by atoms with E-state index in [2.05, 4.69) is 21.2 Å². The maximum atomic E-state index is 12.0. The minimum Gasteiger partial charge on any atom is -0.325 e. The second-order valence-electron chi connectivity index (χ2n) is 6.45. The summed E-state index contributed by atoms with van der Waals surface area (Å²) in [6.45, 7) is 3.81. The number of hydrogen-bond donors (Lipinski definition) is 1. The van der Waals surface area contributed by atoms with Crippen LogP contribution in [0, 0.1) is 5.92 Å². The van der Waals surface area contributed by atoms with Gasteiger partial charge in [-0.15, -0.1) is 0 Å². The lowest BCUT2D eigenvalue weighted by Gasteiger charge is -2.20. The van der Waals surface area contributed by atoms with E-state index in [-0.39, 0.29) is 28.2 Å². The van der Waals surface area contributed by atoms with Crippen molar-refractivity contribution in [3.05, 3.63) is 29.3 Å². The number of anilines is 1. The molecule has 6 heteroatoms. The predicted octanol–water partition coefficient (Wildman–Crippen LogP) is 2.79. The highest BCUT2D eigenvalue weighted by Crippen LogP contribution is 2.43. The van der Waals surface area contributed by atoms with E-state index in [0.717, 1.165) is 16.8 Å². The molecule has 1 saturated heterocycles. The molecule has 2 atom stereocenters. The molecule has 1 aromatic rings. The van der Waals surface area contributed by atoms with Crippen molar-refractivity contribution in [2.45, 2.75) is 30.5 Å². The molecule has 1 N–H and O–H groups in total. The molecule has 1 aromatic carbocycles. The monoisotopic (exact) mass is 371 g/mol. The fourth-order valence-electron chi connectivity index (χ4n) is 3.09. The number of sulfone groups is 1. The van der Waals surface area contributed by atoms with Crippen LogP contribution in [0.5, 0.6) is 0 Å². The smallest absolute Gasteiger partial charge is 0.234 e. The topological polar surface area (TPSA) is 63.2 Å². The Labute approximate surface area is 133 Å². The van der Waals surface area contributed by atoms with Crippen molar-refractivity contribution in [2.24, 2.45) is 5.92 Å². The Morgan fingerprint density at radius 3 is 2.71 bits per heavy atom. The number of fused-ring (bicyclic) bond motifs is 1. The maximum Gasteiger partial charge on any atom is 0.234 e. The number of nitrogens with one attached hydrogen (secondary N) is 1. The van der Waals surface area contributed by atoms with Gasteiger partial charge in [-0.3, -0.25) is 4.79 Å². The molecule has 21 heavy (non-hydrogen) atoms. The summed E-state index contributed by atoms with van der Waals surface area (Å²) in [4.78, 5) is 12.0. The summed E-state index contributed by atoms with van der Waals surface area (Å²) in [6.07, 6.45) is 0.690. The van der Waals surface area contributed by atoms with Gasteiger partial charge >= 0.3 is 0 Å². The number of alkyl halides is 1. The number of carbonyl (C=O) groups excluding carboxylic acids is 1. The molecule has 2 unspecified atom stereocenters. The van der Waals surface area contributed by atoms with E-state index >= 15 is 0 Å². The molecule has 1 fully saturated rings. The highest BCUT2D eigenvalue weighted by molar-refractivity contribution is 9.09. The molecule has 4 nitrogen and oxygen atoms in total. The third kappa shape index (κ3) is 2.52. The first-order valence-corrected chi connectivity index (χ1v) is 9.75. The van der Waals surface area contributed by atoms with E-state index in [1.165, 1.54) is 0 Å². The Kier molecular flexibility index (Phi) is 3.44. The largest absolute Gasteiger partial charge is 0.325 e. The van der Waals surface area contributed by atoms with Crippen molar-refractivity contribution in [1.82, 2.24) is 0 Å². The predicted molar refractivity (Wildman–Crippen MR) is 86.5 cm³/mol. The third-order valence-corrected chi connectivity index (χ3v) is 7.60. The second-order valence-corrected chi connectivity index (χ2v) is 9.66. The molecule has 2 aliphatic rings. The first-order chi connectivity index (χ1) is 9.71. The Morgan fingerprint density at radius 2 is 2.10 bits per heavy atom. The normalized spacial score (nSPS) is 27.2. The highest BCUT2D eigenvalue weighted by atomic mass is 79.9. The summed E-state index contributed by atoms with van der Waals surface area (Å²) in [5.41, 5.74) is 2.34. The van der Waals surface area contributed by atoms with Crippen LogP contribution in [-0.2, 0) is 20.0 Å². The second kappa shape index (κ2) is 4.81. The van der Waals surface area contributed by atoms with Crippen LogP contribution in [0.15, 0.2) is 18.2 Å². The third-order valence-electron chi connectivity index (χ3n) is 4.53. The molecule has 0 saturated carbocycles. The van der Waals surface area contributed by atoms with Crippen LogP contribution < -0.4 is 5.32 Å². The van der Waals surface area contributed by atoms with Crippen molar-refractivity contribution in [3.63, 3.8) is 0 Å². The molecular formula is C15H18BrNO3S. The molecule has 0 aromatic heterocycles. The average molecular weight is 372 g/mol. The van der Waals surface area contributed by atoms with Crippen molar-refractivity contribution in [3.8, 4) is 0 Å². The van der Waals surface area contributed by atoms with Crippen LogP contribution in [0.2, 0.25) is 0 Å². The lowest BCUT2D eigenvalue weighted by Crippen LogP contribution is -2.27. The van der Waals surface area contributed by atoms with Gasteiger partial charge in [0.2, 0.25) is 5.91 Å². The summed E-state index contributed by atoms with van der Waals surface area (Å²) in [5.74, 6) is 0.613. The van der Waals surface area contributed by atoms with Gasteiger partial charge in [-0.2, -0.15) is 0 Å². The van der Waals surface area contributed by atoms with E-state index in [4.69, 9.17) is 0 Å². The van der Waals surface area contributed by atoms with E-state index in [0.29, 0.717) is 6.42 Å². The quantitative estimate of drug-likeness (QED) is 0.812. The zero-order valence-electron chi connectivity index (χ0n) is 12.0. The molecule has 1 amide bonds. The minimum absolute atomic E-state index is 0.00390. The van der Waals surface area contributed by atoms with Gasteiger partial charge in [0, 0.05) is 10.5 Å². The molecule has 0 bridgehead atoms. The molecule has 3 rings (SSSR count). The first-order valence-electron chi connectivity index (χ1n) is 7.01. The van der Waals surface area contributed by atoms with Crippen molar-refractivity contribution < 1.29 is 13.2 Å². The van der Waals surface area contributed by atoms with Gasteiger partial charge in [-0.05, 0) is 43.4 Å². The van der Waals surface area contributed by atoms with Crippen molar-refractivity contribution in [2.75, 3.05) is 16.8 Å². The minimum atomic E-state index is -2.89. The Hall–Kier alpha value is -0.880. The van der Waals surface area contributed by atoms with Gasteiger partial charge in [0.1, 0.15) is 0 Å². The zero-order valence-corrected chi connectivity index (χ0v) is 14.4. The summed E-state index contributed by atoms with van der Waals surface area (Å²) in [6, 6.07) is 5.90. The van der Waals surface area contributed by atoms with Crippen LogP contribution in [0.4, 0.5) is 5.69 Å². The van der Waals surface area contributed by atoms with Gasteiger partial charge in [0.25, 0.3) is 0 Å². The molecule has 0 radical (unpaired) electrons. The van der Waals surface area contributed by atoms with Crippen LogP contribution >= 0.6 is 15.9 Å². The fourth-order valence-corrected chi connectivity index (χ4v) is 5.91. The number of halogens is 1. The van der Waals surface area contributed by atoms with Crippen LogP contribution in [-0.4, -0.2) is 25.8 Å².